The predicted octanol–water partition coefficient (Wildman–Crippen LogP) is 4.24. The molecule has 0 aromatic heterocycles. The van der Waals surface area contributed by atoms with Gasteiger partial charge in [-0.15, -0.1) is 0 Å². The number of benzene rings is 1. The average Bonchev–Trinajstić information content (AvgIpc) is 2.53. The van der Waals surface area contributed by atoms with E-state index in [0.717, 1.165) is 18.4 Å². The second-order valence-electron chi connectivity index (χ2n) is 5.20. The molecule has 0 aliphatic carbocycles. The van der Waals surface area contributed by atoms with Crippen LogP contribution in [-0.4, -0.2) is 25.8 Å². The van der Waals surface area contributed by atoms with Crippen LogP contribution in [0, 0.1) is 6.92 Å². The first-order valence-electron chi connectivity index (χ1n) is 8.32. The lowest BCUT2D eigenvalue weighted by atomic mass is 10.1. The quantitative estimate of drug-likeness (QED) is 0.272. The Balaban J connectivity index is 3.10. The summed E-state index contributed by atoms with van der Waals surface area (Å²) in [5, 5.41) is 0.492. The number of carbonyl (C=O) groups excluding carboxylic acids is 1. The largest absolute Gasteiger partial charge is 0.463 e. The summed E-state index contributed by atoms with van der Waals surface area (Å²) >= 11 is 0. The number of carbonyl (C=O) groups is 1. The Kier molecular flexibility index (Phi) is 8.98. The first kappa shape index (κ1) is 20.6. The van der Waals surface area contributed by atoms with Crippen molar-refractivity contribution in [1.82, 2.24) is 0 Å². The van der Waals surface area contributed by atoms with Crippen molar-refractivity contribution in [2.75, 3.05) is 19.8 Å². The van der Waals surface area contributed by atoms with Crippen molar-refractivity contribution in [3.05, 3.63) is 35.4 Å². The van der Waals surface area contributed by atoms with Crippen molar-refractivity contribution in [3.63, 3.8) is 0 Å². The predicted molar refractivity (Wildman–Crippen MR) is 96.6 cm³/mol. The van der Waals surface area contributed by atoms with Crippen molar-refractivity contribution >= 4 is 24.9 Å². The lowest BCUT2D eigenvalue weighted by molar-refractivity contribution is -0.137. The van der Waals surface area contributed by atoms with Gasteiger partial charge in [0.1, 0.15) is 0 Å². The lowest BCUT2D eigenvalue weighted by Gasteiger charge is -2.21. The normalized spacial score (nSPS) is 11.8. The third-order valence-electron chi connectivity index (χ3n) is 3.28. The van der Waals surface area contributed by atoms with Crippen molar-refractivity contribution in [2.45, 2.75) is 40.5 Å². The Hall–Kier alpha value is -1.42. The highest BCUT2D eigenvalue weighted by atomic mass is 31.2. The highest BCUT2D eigenvalue weighted by Gasteiger charge is 2.30. The monoisotopic (exact) mass is 354 g/mol. The Morgan fingerprint density at radius 2 is 1.83 bits per heavy atom. The summed E-state index contributed by atoms with van der Waals surface area (Å²) in [7, 11) is -3.44. The summed E-state index contributed by atoms with van der Waals surface area (Å²) in [5.41, 5.74) is 1.43. The molecule has 0 unspecified atom stereocenters. The van der Waals surface area contributed by atoms with Crippen molar-refractivity contribution in [3.8, 4) is 0 Å². The van der Waals surface area contributed by atoms with Crippen LogP contribution in [-0.2, 0) is 23.1 Å². The topological polar surface area (TPSA) is 61.8 Å². The molecule has 134 valence electrons. The van der Waals surface area contributed by atoms with Crippen LogP contribution < -0.4 is 5.30 Å². The van der Waals surface area contributed by atoms with Crippen LogP contribution in [0.5, 0.6) is 0 Å². The summed E-state index contributed by atoms with van der Waals surface area (Å²) in [6, 6.07) is 5.46. The maximum atomic E-state index is 13.1. The smallest absolute Gasteiger partial charge is 0.362 e. The zero-order valence-corrected chi connectivity index (χ0v) is 15.8. The molecule has 0 aliphatic rings. The van der Waals surface area contributed by atoms with E-state index in [-0.39, 0.29) is 13.2 Å². The van der Waals surface area contributed by atoms with Gasteiger partial charge in [0.25, 0.3) is 0 Å². The van der Waals surface area contributed by atoms with Crippen LogP contribution in [0.15, 0.2) is 24.3 Å². The van der Waals surface area contributed by atoms with E-state index < -0.39 is 13.6 Å². The number of esters is 1. The molecule has 0 N–H and O–H groups in total. The molecule has 0 saturated carbocycles. The van der Waals surface area contributed by atoms with Crippen LogP contribution in [0.25, 0.3) is 6.08 Å². The molecule has 0 fully saturated rings. The van der Waals surface area contributed by atoms with E-state index in [0.29, 0.717) is 17.5 Å². The molecule has 5 nitrogen and oxygen atoms in total. The van der Waals surface area contributed by atoms with E-state index in [4.69, 9.17) is 13.8 Å². The van der Waals surface area contributed by atoms with Gasteiger partial charge in [-0.05, 0) is 44.4 Å². The van der Waals surface area contributed by atoms with E-state index in [1.54, 1.807) is 26.0 Å². The number of unbranched alkanes of at least 4 members (excludes halogenated alkanes) is 1. The summed E-state index contributed by atoms with van der Waals surface area (Å²) < 4.78 is 29.1. The summed E-state index contributed by atoms with van der Waals surface area (Å²) in [4.78, 5) is 11.7. The molecule has 1 rings (SSSR count). The fourth-order valence-corrected chi connectivity index (χ4v) is 4.20. The average molecular weight is 354 g/mol. The van der Waals surface area contributed by atoms with Gasteiger partial charge in [0.15, 0.2) is 0 Å². The van der Waals surface area contributed by atoms with E-state index in [1.165, 1.54) is 6.08 Å². The second-order valence-corrected chi connectivity index (χ2v) is 7.16. The molecule has 0 saturated heterocycles. The zero-order valence-electron chi connectivity index (χ0n) is 14.9. The minimum absolute atomic E-state index is 0.272. The maximum Gasteiger partial charge on any atom is 0.362 e. The summed E-state index contributed by atoms with van der Waals surface area (Å²) in [6.07, 6.45) is 4.74. The molecule has 0 aliphatic heterocycles. The highest BCUT2D eigenvalue weighted by molar-refractivity contribution is 7.62. The fourth-order valence-electron chi connectivity index (χ4n) is 2.22. The molecule has 0 atom stereocenters. The van der Waals surface area contributed by atoms with Crippen LogP contribution in [0.3, 0.4) is 0 Å². The van der Waals surface area contributed by atoms with Crippen LogP contribution in [0.2, 0.25) is 0 Å². The van der Waals surface area contributed by atoms with Crippen molar-refractivity contribution in [1.29, 1.82) is 0 Å². The molecule has 24 heavy (non-hydrogen) atoms. The number of ether oxygens (including phenoxy) is 1. The SMILES string of the molecule is CCCCOC(=O)/C=C/c1cccc(C)c1P(=O)(OCC)OCC. The number of hydrogen-bond donors (Lipinski definition) is 0. The Bertz CT molecular complexity index is 599. The third-order valence-corrected chi connectivity index (χ3v) is 5.64. The fraction of sp³-hybridized carbons (Fsp3) is 0.500. The number of aryl methyl sites for hydroxylation is 1. The molecule has 1 aromatic rings. The molecule has 0 bridgehead atoms. The molecule has 0 amide bonds. The molecular formula is C18H27O5P. The minimum Gasteiger partial charge on any atom is -0.463 e. The van der Waals surface area contributed by atoms with Gasteiger partial charge in [0, 0.05) is 6.08 Å². The number of hydrogen-bond acceptors (Lipinski definition) is 5. The van der Waals surface area contributed by atoms with E-state index in [2.05, 4.69) is 0 Å². The molecule has 0 radical (unpaired) electrons. The highest BCUT2D eigenvalue weighted by Crippen LogP contribution is 2.48. The minimum atomic E-state index is -3.44. The van der Waals surface area contributed by atoms with Crippen LogP contribution in [0.1, 0.15) is 44.7 Å². The molecule has 0 spiro atoms. The van der Waals surface area contributed by atoms with Gasteiger partial charge in [-0.1, -0.05) is 31.5 Å². The first-order chi connectivity index (χ1) is 11.5. The maximum absolute atomic E-state index is 13.1. The Morgan fingerprint density at radius 3 is 2.42 bits per heavy atom. The van der Waals surface area contributed by atoms with Gasteiger partial charge in [-0.3, -0.25) is 4.57 Å². The van der Waals surface area contributed by atoms with Crippen molar-refractivity contribution in [2.24, 2.45) is 0 Å². The summed E-state index contributed by atoms with van der Waals surface area (Å²) in [6.45, 7) is 8.35. The van der Waals surface area contributed by atoms with E-state index in [1.807, 2.05) is 26.0 Å². The van der Waals surface area contributed by atoms with Gasteiger partial charge < -0.3 is 13.8 Å². The lowest BCUT2D eigenvalue weighted by Crippen LogP contribution is -2.17. The van der Waals surface area contributed by atoms with Crippen LogP contribution >= 0.6 is 7.60 Å². The standard InChI is InChI=1S/C18H27O5P/c1-5-8-14-21-17(19)13-12-16-11-9-10-15(4)18(16)24(20,22-6-2)23-7-3/h9-13H,5-8,14H2,1-4H3/b13-12+. The first-order valence-corrected chi connectivity index (χ1v) is 9.86. The van der Waals surface area contributed by atoms with E-state index >= 15 is 0 Å². The second kappa shape index (κ2) is 10.4. The van der Waals surface area contributed by atoms with Gasteiger partial charge in [0.2, 0.25) is 0 Å². The molecule has 1 aromatic carbocycles. The zero-order chi connectivity index (χ0) is 18.0. The van der Waals surface area contributed by atoms with Gasteiger partial charge in [0.05, 0.1) is 25.1 Å². The Labute approximate surface area is 144 Å². The van der Waals surface area contributed by atoms with Gasteiger partial charge in [-0.2, -0.15) is 0 Å². The molecule has 6 heteroatoms. The molecular weight excluding hydrogens is 327 g/mol. The number of rotatable bonds is 10. The third kappa shape index (κ3) is 5.90. The van der Waals surface area contributed by atoms with E-state index in [9.17, 15) is 9.36 Å². The van der Waals surface area contributed by atoms with Crippen LogP contribution in [0.4, 0.5) is 0 Å². The molecule has 0 heterocycles. The Morgan fingerprint density at radius 1 is 1.17 bits per heavy atom. The van der Waals surface area contributed by atoms with Gasteiger partial charge in [-0.25, -0.2) is 4.79 Å². The summed E-state index contributed by atoms with van der Waals surface area (Å²) in [5.74, 6) is -0.418. The van der Waals surface area contributed by atoms with Gasteiger partial charge >= 0.3 is 13.6 Å². The van der Waals surface area contributed by atoms with Crippen molar-refractivity contribution < 1.29 is 23.1 Å².